The summed E-state index contributed by atoms with van der Waals surface area (Å²) in [7, 11) is -2.26. The molecule has 0 fully saturated rings. The third kappa shape index (κ3) is 2.74. The molecule has 0 radical (unpaired) electrons. The molecule has 10 nitrogen and oxygen atoms in total. The van der Waals surface area contributed by atoms with Crippen molar-refractivity contribution in [3.05, 3.63) is 69.6 Å². The summed E-state index contributed by atoms with van der Waals surface area (Å²) in [4.78, 5) is 29.9. The fourth-order valence-electron chi connectivity index (χ4n) is 3.40. The summed E-state index contributed by atoms with van der Waals surface area (Å²) in [6.45, 7) is 5.51. The molecule has 0 atom stereocenters. The second-order valence-electron chi connectivity index (χ2n) is 6.64. The Morgan fingerprint density at radius 3 is 2.45 bits per heavy atom. The van der Waals surface area contributed by atoms with Crippen molar-refractivity contribution in [3.63, 3.8) is 0 Å². The molecule has 29 heavy (non-hydrogen) atoms. The average molecular weight is 414 g/mol. The molecule has 0 aliphatic rings. The summed E-state index contributed by atoms with van der Waals surface area (Å²) >= 11 is 0. The van der Waals surface area contributed by atoms with E-state index in [9.17, 15) is 18.0 Å². The smallest absolute Gasteiger partial charge is 0.283 e. The standard InChI is InChI=1S/C18H18N6O4S/c1-4-9-22-16(25)14-15(21(3)18(22)26)20-17-23(14)10-11(2)24(17)12-5-7-13(8-6-12)29(19,27)28/h4-8,10H,1,9H2,2-3H3,(H2,19,27,28). The second-order valence-corrected chi connectivity index (χ2v) is 8.21. The quantitative estimate of drug-likeness (QED) is 0.480. The molecule has 1 aromatic carbocycles. The van der Waals surface area contributed by atoms with Gasteiger partial charge in [-0.25, -0.2) is 18.4 Å². The van der Waals surface area contributed by atoms with Gasteiger partial charge in [0.15, 0.2) is 11.2 Å². The van der Waals surface area contributed by atoms with Crippen molar-refractivity contribution in [3.8, 4) is 5.69 Å². The van der Waals surface area contributed by atoms with E-state index in [2.05, 4.69) is 11.6 Å². The van der Waals surface area contributed by atoms with Gasteiger partial charge in [0.2, 0.25) is 15.8 Å². The number of imidazole rings is 2. The Bertz CT molecular complexity index is 1520. The van der Waals surface area contributed by atoms with Gasteiger partial charge in [-0.2, -0.15) is 4.98 Å². The van der Waals surface area contributed by atoms with Crippen LogP contribution in [0.1, 0.15) is 5.69 Å². The lowest BCUT2D eigenvalue weighted by atomic mass is 10.3. The van der Waals surface area contributed by atoms with Crippen molar-refractivity contribution < 1.29 is 8.42 Å². The SMILES string of the molecule is C=CCn1c(=O)c2c(nc3n(-c4ccc(S(N)(=O)=O)cc4)c(C)cn23)n(C)c1=O. The summed E-state index contributed by atoms with van der Waals surface area (Å²) in [5.74, 6) is 0.421. The first kappa shape index (κ1) is 18.9. The fraction of sp³-hybridized carbons (Fsp3) is 0.167. The molecule has 4 rings (SSSR count). The number of sulfonamides is 1. The van der Waals surface area contributed by atoms with Gasteiger partial charge in [-0.3, -0.25) is 22.9 Å². The fourth-order valence-corrected chi connectivity index (χ4v) is 3.92. The maximum absolute atomic E-state index is 12.9. The Balaban J connectivity index is 2.05. The number of hydrogen-bond acceptors (Lipinski definition) is 5. The van der Waals surface area contributed by atoms with E-state index in [4.69, 9.17) is 5.14 Å². The van der Waals surface area contributed by atoms with Gasteiger partial charge in [-0.05, 0) is 31.2 Å². The maximum Gasteiger partial charge on any atom is 0.332 e. The number of allylic oxidation sites excluding steroid dienone is 1. The molecule has 4 aromatic rings. The molecule has 0 spiro atoms. The van der Waals surface area contributed by atoms with Crippen LogP contribution in [0.3, 0.4) is 0 Å². The van der Waals surface area contributed by atoms with Gasteiger partial charge in [-0.15, -0.1) is 6.58 Å². The van der Waals surface area contributed by atoms with Crippen molar-refractivity contribution in [1.82, 2.24) is 23.1 Å². The number of nitrogens with zero attached hydrogens (tertiary/aromatic N) is 5. The van der Waals surface area contributed by atoms with Gasteiger partial charge in [0.1, 0.15) is 0 Å². The minimum atomic E-state index is -3.81. The number of fused-ring (bicyclic) bond motifs is 3. The molecule has 0 saturated carbocycles. The third-order valence-corrected chi connectivity index (χ3v) is 5.69. The van der Waals surface area contributed by atoms with Crippen molar-refractivity contribution >= 4 is 27.0 Å². The third-order valence-electron chi connectivity index (χ3n) is 4.76. The Kier molecular flexibility index (Phi) is 4.10. The van der Waals surface area contributed by atoms with Crippen LogP contribution in [0.25, 0.3) is 22.6 Å². The Morgan fingerprint density at radius 1 is 1.21 bits per heavy atom. The predicted molar refractivity (Wildman–Crippen MR) is 108 cm³/mol. The van der Waals surface area contributed by atoms with Crippen molar-refractivity contribution in [2.45, 2.75) is 18.4 Å². The van der Waals surface area contributed by atoms with Gasteiger partial charge in [0.05, 0.1) is 4.90 Å². The second kappa shape index (κ2) is 6.29. The summed E-state index contributed by atoms with van der Waals surface area (Å²) < 4.78 is 28.8. The highest BCUT2D eigenvalue weighted by molar-refractivity contribution is 7.89. The highest BCUT2D eigenvalue weighted by Gasteiger charge is 2.20. The molecule has 3 aromatic heterocycles. The summed E-state index contributed by atoms with van der Waals surface area (Å²) in [5.41, 5.74) is 0.983. The Morgan fingerprint density at radius 2 is 1.86 bits per heavy atom. The normalized spacial score (nSPS) is 12.1. The Hall–Kier alpha value is -3.44. The zero-order valence-electron chi connectivity index (χ0n) is 15.7. The van der Waals surface area contributed by atoms with E-state index >= 15 is 0 Å². The van der Waals surface area contributed by atoms with Gasteiger partial charge in [0.25, 0.3) is 5.56 Å². The molecule has 3 heterocycles. The first-order valence-electron chi connectivity index (χ1n) is 8.59. The molecule has 0 saturated heterocycles. The molecule has 0 amide bonds. The van der Waals surface area contributed by atoms with E-state index in [1.54, 1.807) is 34.3 Å². The van der Waals surface area contributed by atoms with Gasteiger partial charge >= 0.3 is 5.69 Å². The van der Waals surface area contributed by atoms with Crippen LogP contribution in [0.2, 0.25) is 0 Å². The van der Waals surface area contributed by atoms with Crippen LogP contribution in [-0.4, -0.2) is 31.5 Å². The maximum atomic E-state index is 12.9. The number of aryl methyl sites for hydroxylation is 2. The minimum Gasteiger partial charge on any atom is -0.283 e. The predicted octanol–water partition coefficient (Wildman–Crippen LogP) is 0.280. The van der Waals surface area contributed by atoms with E-state index in [-0.39, 0.29) is 22.6 Å². The highest BCUT2D eigenvalue weighted by atomic mass is 32.2. The number of nitrogens with two attached hydrogens (primary N) is 1. The lowest BCUT2D eigenvalue weighted by Crippen LogP contribution is -2.39. The molecule has 0 aliphatic carbocycles. The zero-order valence-corrected chi connectivity index (χ0v) is 16.5. The van der Waals surface area contributed by atoms with Crippen LogP contribution in [-0.2, 0) is 23.6 Å². The van der Waals surface area contributed by atoms with Crippen LogP contribution in [0.15, 0.2) is 57.6 Å². The van der Waals surface area contributed by atoms with Gasteiger partial charge in [-0.1, -0.05) is 6.08 Å². The molecule has 2 N–H and O–H groups in total. The largest absolute Gasteiger partial charge is 0.332 e. The molecule has 0 bridgehead atoms. The van der Waals surface area contributed by atoms with Crippen molar-refractivity contribution in [1.29, 1.82) is 0 Å². The van der Waals surface area contributed by atoms with E-state index in [1.165, 1.54) is 22.8 Å². The van der Waals surface area contributed by atoms with E-state index in [1.807, 2.05) is 6.92 Å². The molecule has 0 unspecified atom stereocenters. The van der Waals surface area contributed by atoms with E-state index in [0.717, 1.165) is 10.3 Å². The summed E-state index contributed by atoms with van der Waals surface area (Å²) in [6, 6.07) is 5.99. The lowest BCUT2D eigenvalue weighted by Gasteiger charge is -2.07. The number of primary sulfonamides is 1. The average Bonchev–Trinajstić information content (AvgIpc) is 3.17. The van der Waals surface area contributed by atoms with Crippen LogP contribution in [0.5, 0.6) is 0 Å². The number of benzene rings is 1. The molecule has 150 valence electrons. The summed E-state index contributed by atoms with van der Waals surface area (Å²) in [6.07, 6.45) is 3.22. The number of hydrogen-bond donors (Lipinski definition) is 1. The van der Waals surface area contributed by atoms with E-state index < -0.39 is 21.3 Å². The van der Waals surface area contributed by atoms with Gasteiger partial charge in [0, 0.05) is 31.2 Å². The lowest BCUT2D eigenvalue weighted by molar-refractivity contribution is 0.598. The molecular weight excluding hydrogens is 396 g/mol. The molecule has 11 heteroatoms. The van der Waals surface area contributed by atoms with Crippen LogP contribution >= 0.6 is 0 Å². The topological polar surface area (TPSA) is 126 Å². The number of rotatable bonds is 4. The Labute approximate surface area is 164 Å². The summed E-state index contributed by atoms with van der Waals surface area (Å²) in [5, 5.41) is 5.16. The van der Waals surface area contributed by atoms with Crippen LogP contribution in [0.4, 0.5) is 0 Å². The van der Waals surface area contributed by atoms with Crippen LogP contribution in [0, 0.1) is 6.92 Å². The first-order valence-corrected chi connectivity index (χ1v) is 10.1. The monoisotopic (exact) mass is 414 g/mol. The number of aromatic nitrogens is 5. The van der Waals surface area contributed by atoms with Crippen molar-refractivity contribution in [2.24, 2.45) is 12.2 Å². The van der Waals surface area contributed by atoms with E-state index in [0.29, 0.717) is 11.5 Å². The molecule has 0 aliphatic heterocycles. The van der Waals surface area contributed by atoms with Gasteiger partial charge < -0.3 is 0 Å². The minimum absolute atomic E-state index is 0.00899. The van der Waals surface area contributed by atoms with Crippen molar-refractivity contribution in [2.75, 3.05) is 0 Å². The molecular formula is C18H18N6O4S. The van der Waals surface area contributed by atoms with Crippen LogP contribution < -0.4 is 16.4 Å². The highest BCUT2D eigenvalue weighted by Crippen LogP contribution is 2.22. The first-order chi connectivity index (χ1) is 13.6. The zero-order chi connectivity index (χ0) is 21.1.